The first-order valence-corrected chi connectivity index (χ1v) is 11.4. The minimum absolute atomic E-state index is 0.0423. The Bertz CT molecular complexity index is 776. The lowest BCUT2D eigenvalue weighted by Gasteiger charge is -2.35. The highest BCUT2D eigenvalue weighted by Crippen LogP contribution is 2.21. The smallest absolute Gasteiger partial charge is 0.267 e. The van der Waals surface area contributed by atoms with E-state index < -0.39 is 0 Å². The second-order valence-electron chi connectivity index (χ2n) is 6.88. The Morgan fingerprint density at radius 2 is 2.27 bits per heavy atom. The zero-order valence-electron chi connectivity index (χ0n) is 14.9. The number of nitrogens with one attached hydrogen (secondary N) is 1. The van der Waals surface area contributed by atoms with Gasteiger partial charge in [-0.2, -0.15) is 16.9 Å². The first-order chi connectivity index (χ1) is 12.8. The highest BCUT2D eigenvalue weighted by molar-refractivity contribution is 7.98. The number of aromatic nitrogens is 3. The highest BCUT2D eigenvalue weighted by Gasteiger charge is 2.22. The van der Waals surface area contributed by atoms with Gasteiger partial charge in [0.25, 0.3) is 5.56 Å². The van der Waals surface area contributed by atoms with E-state index in [9.17, 15) is 4.79 Å². The van der Waals surface area contributed by atoms with Gasteiger partial charge in [0.15, 0.2) is 5.13 Å². The number of hydrogen-bond donors (Lipinski definition) is 1. The molecule has 0 aromatic carbocycles. The first-order valence-electron chi connectivity index (χ1n) is 9.35. The van der Waals surface area contributed by atoms with Crippen LogP contribution in [0.15, 0.2) is 22.4 Å². The van der Waals surface area contributed by atoms with Crippen LogP contribution in [0.4, 0.5) is 5.13 Å². The maximum absolute atomic E-state index is 12.4. The third-order valence-electron chi connectivity index (χ3n) is 5.17. The van der Waals surface area contributed by atoms with Crippen molar-refractivity contribution >= 4 is 28.2 Å². The summed E-state index contributed by atoms with van der Waals surface area (Å²) in [6.45, 7) is 3.56. The van der Waals surface area contributed by atoms with E-state index in [0.29, 0.717) is 12.6 Å². The quantitative estimate of drug-likeness (QED) is 0.816. The molecule has 1 N–H and O–H groups in total. The number of thiazole rings is 1. The van der Waals surface area contributed by atoms with Gasteiger partial charge in [-0.15, -0.1) is 11.3 Å². The molecule has 2 aliphatic rings. The van der Waals surface area contributed by atoms with Crippen molar-refractivity contribution in [1.29, 1.82) is 0 Å². The maximum Gasteiger partial charge on any atom is 0.267 e. The molecule has 0 spiro atoms. The van der Waals surface area contributed by atoms with E-state index >= 15 is 0 Å². The van der Waals surface area contributed by atoms with Crippen LogP contribution in [-0.2, 0) is 18.7 Å². The van der Waals surface area contributed by atoms with Gasteiger partial charge >= 0.3 is 0 Å². The Morgan fingerprint density at radius 1 is 1.31 bits per heavy atom. The molecule has 0 bridgehead atoms. The highest BCUT2D eigenvalue weighted by atomic mass is 32.2. The summed E-state index contributed by atoms with van der Waals surface area (Å²) in [4.78, 5) is 19.2. The van der Waals surface area contributed by atoms with Gasteiger partial charge in [-0.3, -0.25) is 9.69 Å². The molecule has 6 nitrogen and oxygen atoms in total. The lowest BCUT2D eigenvalue weighted by Crippen LogP contribution is -2.45. The van der Waals surface area contributed by atoms with Crippen molar-refractivity contribution in [2.24, 2.45) is 0 Å². The van der Waals surface area contributed by atoms with E-state index in [-0.39, 0.29) is 5.56 Å². The third kappa shape index (κ3) is 4.29. The van der Waals surface area contributed by atoms with Gasteiger partial charge in [-0.1, -0.05) is 6.42 Å². The van der Waals surface area contributed by atoms with E-state index in [1.807, 2.05) is 23.3 Å². The number of rotatable bonds is 6. The summed E-state index contributed by atoms with van der Waals surface area (Å²) in [5.41, 5.74) is 2.29. The van der Waals surface area contributed by atoms with E-state index in [2.05, 4.69) is 20.3 Å². The molecule has 2 aromatic rings. The fraction of sp³-hybridized carbons (Fsp3) is 0.611. The Morgan fingerprint density at radius 3 is 3.15 bits per heavy atom. The molecular formula is C18H25N5OS2. The summed E-state index contributed by atoms with van der Waals surface area (Å²) in [5, 5.41) is 11.1. The normalized spacial score (nSPS) is 20.7. The van der Waals surface area contributed by atoms with E-state index in [1.165, 1.54) is 19.3 Å². The van der Waals surface area contributed by atoms with Crippen molar-refractivity contribution in [3.05, 3.63) is 39.3 Å². The van der Waals surface area contributed by atoms with Crippen LogP contribution in [-0.4, -0.2) is 51.1 Å². The lowest BCUT2D eigenvalue weighted by atomic mass is 10.0. The SMILES string of the molecule is O=c1cc2c(nn1CCN1CCCCC1CNc1nccs1)CCSC2. The molecule has 0 amide bonds. The zero-order chi connectivity index (χ0) is 17.8. The van der Waals surface area contributed by atoms with Crippen molar-refractivity contribution < 1.29 is 0 Å². The van der Waals surface area contributed by atoms with Crippen molar-refractivity contribution in [3.8, 4) is 0 Å². The molecule has 26 heavy (non-hydrogen) atoms. The maximum atomic E-state index is 12.4. The molecule has 1 saturated heterocycles. The minimum Gasteiger partial charge on any atom is -0.360 e. The van der Waals surface area contributed by atoms with Gasteiger partial charge in [0.1, 0.15) is 0 Å². The first kappa shape index (κ1) is 18.0. The predicted molar refractivity (Wildman–Crippen MR) is 108 cm³/mol. The molecular weight excluding hydrogens is 366 g/mol. The van der Waals surface area contributed by atoms with Crippen LogP contribution in [0.2, 0.25) is 0 Å². The third-order valence-corrected chi connectivity index (χ3v) is 6.91. The van der Waals surface area contributed by atoms with E-state index in [0.717, 1.165) is 53.9 Å². The summed E-state index contributed by atoms with van der Waals surface area (Å²) < 4.78 is 1.68. The Hall–Kier alpha value is -1.38. The number of nitrogens with zero attached hydrogens (tertiary/aromatic N) is 4. The lowest BCUT2D eigenvalue weighted by molar-refractivity contribution is 0.148. The summed E-state index contributed by atoms with van der Waals surface area (Å²) in [7, 11) is 0. The van der Waals surface area contributed by atoms with Crippen LogP contribution < -0.4 is 10.9 Å². The fourth-order valence-corrected chi connectivity index (χ4v) is 5.23. The zero-order valence-corrected chi connectivity index (χ0v) is 16.5. The molecule has 1 unspecified atom stereocenters. The number of anilines is 1. The van der Waals surface area contributed by atoms with Crippen LogP contribution in [0.5, 0.6) is 0 Å². The van der Waals surface area contributed by atoms with Crippen molar-refractivity contribution in [2.75, 3.05) is 30.7 Å². The average Bonchev–Trinajstić information content (AvgIpc) is 3.19. The van der Waals surface area contributed by atoms with Crippen molar-refractivity contribution in [2.45, 2.75) is 44.0 Å². The summed E-state index contributed by atoms with van der Waals surface area (Å²) >= 11 is 3.53. The predicted octanol–water partition coefficient (Wildman–Crippen LogP) is 2.46. The van der Waals surface area contributed by atoms with Crippen LogP contribution in [0, 0.1) is 0 Å². The van der Waals surface area contributed by atoms with E-state index in [4.69, 9.17) is 0 Å². The summed E-state index contributed by atoms with van der Waals surface area (Å²) in [5.74, 6) is 2.03. The number of hydrogen-bond acceptors (Lipinski definition) is 7. The second kappa shape index (κ2) is 8.54. The van der Waals surface area contributed by atoms with E-state index in [1.54, 1.807) is 22.1 Å². The van der Waals surface area contributed by atoms with Gasteiger partial charge in [0.2, 0.25) is 0 Å². The topological polar surface area (TPSA) is 63.1 Å². The summed E-state index contributed by atoms with van der Waals surface area (Å²) in [6.07, 6.45) is 6.51. The Kier molecular flexibility index (Phi) is 5.91. The van der Waals surface area contributed by atoms with Crippen molar-refractivity contribution in [1.82, 2.24) is 19.7 Å². The van der Waals surface area contributed by atoms with Crippen LogP contribution in [0.3, 0.4) is 0 Å². The fourth-order valence-electron chi connectivity index (χ4n) is 3.74. The molecule has 4 rings (SSSR count). The standard InChI is InChI=1S/C18H25N5OS2/c24-17-11-14-13-25-9-4-16(14)21-23(17)8-7-22-6-2-1-3-15(22)12-20-18-19-5-10-26-18/h5,10-11,15H,1-4,6-9,12-13H2,(H,19,20). The molecule has 2 aliphatic heterocycles. The molecule has 0 aliphatic carbocycles. The minimum atomic E-state index is 0.0423. The van der Waals surface area contributed by atoms with Crippen LogP contribution in [0.1, 0.15) is 30.5 Å². The Balaban J connectivity index is 1.38. The van der Waals surface area contributed by atoms with Crippen LogP contribution in [0.25, 0.3) is 0 Å². The van der Waals surface area contributed by atoms with Gasteiger partial charge in [-0.25, -0.2) is 9.67 Å². The number of thioether (sulfide) groups is 1. The molecule has 4 heterocycles. The second-order valence-corrected chi connectivity index (χ2v) is 8.88. The van der Waals surface area contributed by atoms with Gasteiger partial charge in [-0.05, 0) is 30.7 Å². The van der Waals surface area contributed by atoms with Crippen molar-refractivity contribution in [3.63, 3.8) is 0 Å². The van der Waals surface area contributed by atoms with Gasteiger partial charge in [0.05, 0.1) is 12.2 Å². The molecule has 1 atom stereocenters. The number of likely N-dealkylation sites (tertiary alicyclic amines) is 1. The number of piperidine rings is 1. The summed E-state index contributed by atoms with van der Waals surface area (Å²) in [6, 6.07) is 2.30. The molecule has 1 fully saturated rings. The number of fused-ring (bicyclic) bond motifs is 1. The van der Waals surface area contributed by atoms with Gasteiger partial charge in [0, 0.05) is 48.9 Å². The molecule has 140 valence electrons. The van der Waals surface area contributed by atoms with Crippen LogP contribution >= 0.6 is 23.1 Å². The largest absolute Gasteiger partial charge is 0.360 e. The Labute approximate surface area is 162 Å². The molecule has 0 saturated carbocycles. The molecule has 0 radical (unpaired) electrons. The molecule has 8 heteroatoms. The van der Waals surface area contributed by atoms with Gasteiger partial charge < -0.3 is 5.32 Å². The number of aryl methyl sites for hydroxylation is 1. The average molecular weight is 392 g/mol. The monoisotopic (exact) mass is 391 g/mol. The molecule has 2 aromatic heterocycles.